The standard InChI is InChI=1S/C58H80N10O8.2ClH/c1-33(59-9)49(69)65-47(57(3,4)5)55(75)67-31-37(29-45(67)53(73)63-43-27-17-21-35-19-11-13-23-39(35)43)61-51(71)41-25-15-16-26-42(41)52(72)62-38-30-46(54(74)64-44-28-18-22-36-20-12-14-24-40(36)44)68(32-38)56(76)48(58(6,7)8)66-50(70)34(2)60-10;;/h11-16,19-20,23-26,33-34,37-38,43-48,59-60H,17-18,21-22,27-32H2,1-10H3,(H,61,71)(H,62,72)(H,63,73)(H,64,74)(H,65,69)(H,66,70);2*1H/t33-,34-,37-,38-,43+,44+,45-,46?,47-,48-;;/m0../s1. The lowest BCUT2D eigenvalue weighted by molar-refractivity contribution is -0.144. The van der Waals surface area contributed by atoms with Crippen LogP contribution in [0, 0.1) is 10.8 Å². The maximum Gasteiger partial charge on any atom is 0.252 e. The number of hydrogen-bond donors (Lipinski definition) is 8. The van der Waals surface area contributed by atoms with Gasteiger partial charge in [-0.25, -0.2) is 0 Å². The van der Waals surface area contributed by atoms with Gasteiger partial charge in [-0.1, -0.05) is 102 Å². The van der Waals surface area contributed by atoms with Crippen molar-refractivity contribution in [2.45, 2.75) is 167 Å². The fraction of sp³-hybridized carbons (Fsp3) is 0.552. The first-order valence-corrected chi connectivity index (χ1v) is 27.0. The molecule has 3 aromatic rings. The quantitative estimate of drug-likeness (QED) is 0.0993. The van der Waals surface area contributed by atoms with Crippen LogP contribution in [0.4, 0.5) is 0 Å². The van der Waals surface area contributed by atoms with Gasteiger partial charge in [0, 0.05) is 25.2 Å². The summed E-state index contributed by atoms with van der Waals surface area (Å²) in [5, 5.41) is 24.1. The van der Waals surface area contributed by atoms with Gasteiger partial charge in [0.1, 0.15) is 24.2 Å². The Balaban J connectivity index is 0.00000560. The van der Waals surface area contributed by atoms with Crippen molar-refractivity contribution >= 4 is 72.1 Å². The van der Waals surface area contributed by atoms with E-state index in [1.54, 1.807) is 40.1 Å². The van der Waals surface area contributed by atoms with Gasteiger partial charge in [0.2, 0.25) is 35.4 Å². The third kappa shape index (κ3) is 14.6. The number of carbonyl (C=O) groups excluding carboxylic acids is 8. The van der Waals surface area contributed by atoms with Gasteiger partial charge in [-0.05, 0) is 125 Å². The van der Waals surface area contributed by atoms with E-state index >= 15 is 0 Å². The zero-order chi connectivity index (χ0) is 55.2. The molecule has 0 radical (unpaired) electrons. The van der Waals surface area contributed by atoms with Crippen LogP contribution in [0.3, 0.4) is 0 Å². The molecular weight excluding hydrogens is 1040 g/mol. The predicted octanol–water partition coefficient (Wildman–Crippen LogP) is 4.59. The second-order valence-electron chi connectivity index (χ2n) is 23.3. The van der Waals surface area contributed by atoms with Crippen molar-refractivity contribution in [3.8, 4) is 0 Å². The summed E-state index contributed by atoms with van der Waals surface area (Å²) < 4.78 is 0. The molecule has 7 rings (SSSR count). The summed E-state index contributed by atoms with van der Waals surface area (Å²) in [5.41, 5.74) is 2.91. The second-order valence-corrected chi connectivity index (χ2v) is 23.3. The van der Waals surface area contributed by atoms with Crippen LogP contribution < -0.4 is 42.5 Å². The van der Waals surface area contributed by atoms with Crippen LogP contribution in [-0.4, -0.2) is 133 Å². The third-order valence-electron chi connectivity index (χ3n) is 15.7. The lowest BCUT2D eigenvalue weighted by Crippen LogP contribution is -2.59. The molecule has 0 saturated carbocycles. The van der Waals surface area contributed by atoms with E-state index in [1.807, 2.05) is 77.9 Å². The Bertz CT molecular complexity index is 2500. The lowest BCUT2D eigenvalue weighted by atomic mass is 9.85. The molecule has 10 atom stereocenters. The van der Waals surface area contributed by atoms with Crippen LogP contribution in [0.15, 0.2) is 72.8 Å². The summed E-state index contributed by atoms with van der Waals surface area (Å²) in [6.07, 6.45) is 5.10. The van der Waals surface area contributed by atoms with E-state index in [4.69, 9.17) is 0 Å². The molecule has 1 unspecified atom stereocenters. The molecule has 426 valence electrons. The highest BCUT2D eigenvalue weighted by atomic mass is 35.5. The minimum Gasteiger partial charge on any atom is -0.347 e. The second kappa shape index (κ2) is 26.7. The minimum atomic E-state index is -1.02. The molecule has 20 heteroatoms. The molecule has 8 amide bonds. The normalized spacial score (nSPS) is 22.3. The Morgan fingerprint density at radius 2 is 0.859 bits per heavy atom. The van der Waals surface area contributed by atoms with Crippen LogP contribution in [0.5, 0.6) is 0 Å². The van der Waals surface area contributed by atoms with E-state index < -0.39 is 82.8 Å². The molecule has 2 aliphatic carbocycles. The van der Waals surface area contributed by atoms with Crippen molar-refractivity contribution in [3.05, 3.63) is 106 Å². The Hall–Kier alpha value is -6.08. The zero-order valence-corrected chi connectivity index (χ0v) is 48.4. The number of benzene rings is 3. The molecule has 2 heterocycles. The number of likely N-dealkylation sites (tertiary alicyclic amines) is 2. The maximum absolute atomic E-state index is 14.8. The Kier molecular flexibility index (Phi) is 21.5. The minimum absolute atomic E-state index is 0. The molecule has 2 aliphatic heterocycles. The number of likely N-dealkylation sites (N-methyl/N-ethyl adjacent to an activating group) is 2. The summed E-state index contributed by atoms with van der Waals surface area (Å²) in [4.78, 5) is 117. The average molecular weight is 1120 g/mol. The number of aryl methyl sites for hydroxylation is 2. The highest BCUT2D eigenvalue weighted by molar-refractivity contribution is 6.07. The fourth-order valence-electron chi connectivity index (χ4n) is 11.0. The van der Waals surface area contributed by atoms with Crippen molar-refractivity contribution in [2.24, 2.45) is 10.8 Å². The zero-order valence-electron chi connectivity index (χ0n) is 46.7. The third-order valence-corrected chi connectivity index (χ3v) is 15.7. The molecule has 0 bridgehead atoms. The number of amides is 8. The van der Waals surface area contributed by atoms with Crippen LogP contribution in [0.2, 0.25) is 0 Å². The smallest absolute Gasteiger partial charge is 0.252 e. The first-order valence-electron chi connectivity index (χ1n) is 27.0. The monoisotopic (exact) mass is 1120 g/mol. The fourth-order valence-corrected chi connectivity index (χ4v) is 11.0. The topological polar surface area (TPSA) is 239 Å². The highest BCUT2D eigenvalue weighted by Crippen LogP contribution is 2.34. The van der Waals surface area contributed by atoms with Gasteiger partial charge in [-0.3, -0.25) is 38.4 Å². The van der Waals surface area contributed by atoms with E-state index in [2.05, 4.69) is 54.7 Å². The van der Waals surface area contributed by atoms with Crippen LogP contribution >= 0.6 is 24.8 Å². The van der Waals surface area contributed by atoms with Crippen molar-refractivity contribution in [1.82, 2.24) is 52.3 Å². The summed E-state index contributed by atoms with van der Waals surface area (Å²) >= 11 is 0. The summed E-state index contributed by atoms with van der Waals surface area (Å²) in [6, 6.07) is 15.0. The Labute approximate surface area is 472 Å². The van der Waals surface area contributed by atoms with Crippen LogP contribution in [0.25, 0.3) is 0 Å². The first-order chi connectivity index (χ1) is 36.0. The molecule has 3 aromatic carbocycles. The van der Waals surface area contributed by atoms with Gasteiger partial charge >= 0.3 is 0 Å². The molecule has 18 nitrogen and oxygen atoms in total. The number of nitrogens with one attached hydrogen (secondary N) is 8. The Morgan fingerprint density at radius 3 is 1.21 bits per heavy atom. The van der Waals surface area contributed by atoms with Gasteiger partial charge in [-0.15, -0.1) is 24.8 Å². The maximum atomic E-state index is 14.8. The van der Waals surface area contributed by atoms with E-state index in [0.717, 1.165) is 60.8 Å². The predicted molar refractivity (Wildman–Crippen MR) is 304 cm³/mol. The highest BCUT2D eigenvalue weighted by Gasteiger charge is 2.48. The molecule has 0 aromatic heterocycles. The van der Waals surface area contributed by atoms with Crippen molar-refractivity contribution < 1.29 is 38.4 Å². The molecule has 78 heavy (non-hydrogen) atoms. The van der Waals surface area contributed by atoms with E-state index in [-0.39, 0.29) is 97.6 Å². The molecule has 2 saturated heterocycles. The van der Waals surface area contributed by atoms with Gasteiger partial charge in [0.05, 0.1) is 35.3 Å². The van der Waals surface area contributed by atoms with Gasteiger partial charge in [0.15, 0.2) is 0 Å². The van der Waals surface area contributed by atoms with E-state index in [1.165, 1.54) is 21.9 Å². The van der Waals surface area contributed by atoms with Crippen molar-refractivity contribution in [2.75, 3.05) is 27.2 Å². The summed E-state index contributed by atoms with van der Waals surface area (Å²) in [6.45, 7) is 14.3. The number of halogens is 2. The molecule has 4 aliphatic rings. The number of rotatable bonds is 16. The van der Waals surface area contributed by atoms with Gasteiger partial charge in [-0.2, -0.15) is 0 Å². The van der Waals surface area contributed by atoms with Crippen molar-refractivity contribution in [1.29, 1.82) is 0 Å². The Morgan fingerprint density at radius 1 is 0.513 bits per heavy atom. The molecule has 0 spiro atoms. The number of hydrogen-bond acceptors (Lipinski definition) is 10. The van der Waals surface area contributed by atoms with E-state index in [0.29, 0.717) is 0 Å². The van der Waals surface area contributed by atoms with Gasteiger partial charge < -0.3 is 52.3 Å². The lowest BCUT2D eigenvalue weighted by Gasteiger charge is -2.36. The van der Waals surface area contributed by atoms with Crippen molar-refractivity contribution in [3.63, 3.8) is 0 Å². The SMILES string of the molecule is CN[C@@H](C)C(=O)N[C@@H](C(=O)N1C[C@@H](NC(=O)c2ccccc2C(=O)N[C@H]2C[C@@H](C(=O)N[C@@H]3CCCc4ccccc43)N(C(=O)[C@H](NC(=O)[C@H](C)NC)C(C)(C)C)C2)CC1C(=O)N[C@@H]1CCCc2ccccc21)C(C)(C)C.Cl.Cl. The molecule has 8 N–H and O–H groups in total. The van der Waals surface area contributed by atoms with Crippen LogP contribution in [0.1, 0.15) is 149 Å². The van der Waals surface area contributed by atoms with Gasteiger partial charge in [0.25, 0.3) is 11.8 Å². The largest absolute Gasteiger partial charge is 0.347 e. The first kappa shape index (κ1) is 62.8. The summed E-state index contributed by atoms with van der Waals surface area (Å²) in [7, 11) is 3.30. The summed E-state index contributed by atoms with van der Waals surface area (Å²) in [5.74, 6) is -3.67. The molecule has 2 fully saturated rings. The average Bonchev–Trinajstić information content (AvgIpc) is 4.05. The molecular formula is C58H82Cl2N10O8. The number of fused-ring (bicyclic) bond motifs is 2. The number of nitrogens with zero attached hydrogens (tertiary/aromatic N) is 2. The van der Waals surface area contributed by atoms with Crippen LogP contribution in [-0.2, 0) is 41.6 Å². The number of carbonyl (C=O) groups is 8. The van der Waals surface area contributed by atoms with E-state index in [9.17, 15) is 38.4 Å².